The molecule has 0 aliphatic carbocycles. The first-order valence-electron chi connectivity index (χ1n) is 14.9. The van der Waals surface area contributed by atoms with Crippen LogP contribution in [-0.4, -0.2) is 55.0 Å². The Morgan fingerprint density at radius 1 is 0.738 bits per heavy atom. The third-order valence-corrected chi connectivity index (χ3v) is 13.8. The van der Waals surface area contributed by atoms with Crippen LogP contribution in [0.2, 0.25) is 18.1 Å². The first-order valence-corrected chi connectivity index (χ1v) is 17.5. The lowest BCUT2D eigenvalue weighted by Gasteiger charge is -2.26. The van der Waals surface area contributed by atoms with Gasteiger partial charge < -0.3 is 24.5 Å². The highest BCUT2D eigenvalue weighted by molar-refractivity contribution is 7.14. The summed E-state index contributed by atoms with van der Waals surface area (Å²) < 4.78 is 25.6. The van der Waals surface area contributed by atoms with Crippen LogP contribution in [0.3, 0.4) is 0 Å². The molecule has 0 aromatic heterocycles. The maximum Gasteiger partial charge on any atom is 0.303 e. The summed E-state index contributed by atoms with van der Waals surface area (Å²) in [5.41, 5.74) is 13.2. The Hall–Kier alpha value is -3.23. The molecule has 1 aliphatic rings. The minimum atomic E-state index is -2.34. The third-order valence-electron chi connectivity index (χ3n) is 8.40. The molecule has 0 spiro atoms. The number of benzene rings is 3. The van der Waals surface area contributed by atoms with Crippen LogP contribution >= 0.6 is 0 Å². The summed E-state index contributed by atoms with van der Waals surface area (Å²) in [6.07, 6.45) is -2.85. The van der Waals surface area contributed by atoms with Gasteiger partial charge in [0, 0.05) is 0 Å². The number of ether oxygens (including phenoxy) is 4. The fraction of sp³-hybridized carbons (Fsp3) is 0.412. The van der Waals surface area contributed by atoms with Gasteiger partial charge in [0.1, 0.15) is 18.3 Å². The van der Waals surface area contributed by atoms with Gasteiger partial charge in [0.05, 0.1) is 26.4 Å². The van der Waals surface area contributed by atoms with Gasteiger partial charge in [0.25, 0.3) is 5.78 Å². The summed E-state index contributed by atoms with van der Waals surface area (Å²) in [5.74, 6) is -0.313. The Balaban J connectivity index is 1.63. The normalized spacial score (nSPS) is 20.3. The Morgan fingerprint density at radius 3 is 1.64 bits per heavy atom. The van der Waals surface area contributed by atoms with E-state index in [1.165, 1.54) is 0 Å². The number of carbonyl (C=O) groups is 1. The number of hydrogen-bond acceptors (Lipinski definition) is 5. The Bertz CT molecular complexity index is 1290. The first kappa shape index (κ1) is 31.7. The molecule has 0 saturated carbocycles. The van der Waals surface area contributed by atoms with Gasteiger partial charge in [-0.2, -0.15) is 4.79 Å². The van der Waals surface area contributed by atoms with Crippen molar-refractivity contribution < 1.29 is 28.5 Å². The number of carbonyl (C=O) groups excluding carboxylic acids is 1. The van der Waals surface area contributed by atoms with E-state index in [2.05, 4.69) is 25.6 Å². The van der Waals surface area contributed by atoms with Gasteiger partial charge in [-0.1, -0.05) is 112 Å². The topological polar surface area (TPSA) is 90.4 Å². The number of rotatable bonds is 16. The molecule has 3 aromatic carbocycles. The molecule has 0 N–H and O–H groups in total. The van der Waals surface area contributed by atoms with E-state index in [4.69, 9.17) is 18.9 Å². The van der Waals surface area contributed by atoms with E-state index < -0.39 is 32.5 Å². The predicted molar refractivity (Wildman–Crippen MR) is 166 cm³/mol. The maximum absolute atomic E-state index is 14.2. The second-order valence-corrected chi connectivity index (χ2v) is 15.9. The van der Waals surface area contributed by atoms with E-state index in [-0.39, 0.29) is 24.3 Å². The predicted octanol–water partition coefficient (Wildman–Crippen LogP) is 6.43. The average Bonchev–Trinajstić information content (AvgIpc) is 3.39. The highest BCUT2D eigenvalue weighted by Crippen LogP contribution is 2.32. The second kappa shape index (κ2) is 15.8. The van der Waals surface area contributed by atoms with Crippen molar-refractivity contribution in [2.75, 3.05) is 6.61 Å². The molecule has 1 aliphatic heterocycles. The van der Waals surface area contributed by atoms with Crippen LogP contribution in [0.15, 0.2) is 91.0 Å². The van der Waals surface area contributed by atoms with Gasteiger partial charge in [-0.05, 0) is 34.8 Å². The van der Waals surface area contributed by atoms with Crippen molar-refractivity contribution in [2.24, 2.45) is 0 Å². The zero-order valence-corrected chi connectivity index (χ0v) is 25.9. The highest BCUT2D eigenvalue weighted by atomic mass is 28.3. The zero-order chi connectivity index (χ0) is 29.8. The molecule has 1 saturated heterocycles. The summed E-state index contributed by atoms with van der Waals surface area (Å²) in [4.78, 5) is 17.9. The van der Waals surface area contributed by atoms with E-state index in [1.807, 2.05) is 91.0 Å². The van der Waals surface area contributed by atoms with E-state index in [0.717, 1.165) is 34.8 Å². The molecule has 1 fully saturated rings. The van der Waals surface area contributed by atoms with Gasteiger partial charge in [0.15, 0.2) is 14.2 Å². The van der Waals surface area contributed by atoms with Crippen molar-refractivity contribution in [3.8, 4) is 0 Å². The molecular formula is C34H42N2O5Si. The van der Waals surface area contributed by atoms with Gasteiger partial charge in [0.2, 0.25) is 0 Å². The van der Waals surface area contributed by atoms with Gasteiger partial charge in [-0.25, -0.2) is 0 Å². The third kappa shape index (κ3) is 7.78. The molecule has 1 heterocycles. The number of hydrogen-bond donors (Lipinski definition) is 0. The highest BCUT2D eigenvalue weighted by Gasteiger charge is 2.56. The van der Waals surface area contributed by atoms with E-state index >= 15 is 0 Å². The van der Waals surface area contributed by atoms with Crippen molar-refractivity contribution in [1.82, 2.24) is 0 Å². The van der Waals surface area contributed by atoms with Gasteiger partial charge >= 0.3 is 5.33 Å². The number of nitrogens with zero attached hydrogens (tertiary/aromatic N) is 2. The molecule has 0 unspecified atom stereocenters. The van der Waals surface area contributed by atoms with Crippen LogP contribution in [0.1, 0.15) is 37.5 Å². The van der Waals surface area contributed by atoms with Crippen molar-refractivity contribution >= 4 is 19.2 Å². The van der Waals surface area contributed by atoms with Crippen molar-refractivity contribution in [2.45, 2.75) is 83.1 Å². The van der Waals surface area contributed by atoms with E-state index in [1.54, 1.807) is 0 Å². The summed E-state index contributed by atoms with van der Waals surface area (Å²) >= 11 is 0. The molecule has 3 aromatic rings. The lowest BCUT2D eigenvalue weighted by Crippen LogP contribution is -2.53. The standard InChI is InChI=1S/C34H42N2O5Si/c1-4-42(5-2,6-3)34(36-35)30(37)32-33(40-24-28-20-14-9-15-21-28)31(39-23-27-18-12-8-13-19-27)29(41-32)25-38-22-26-16-10-7-11-17-26/h7-21,29,31-33H,4-6,22-25H2,1-3H3/t29-,31-,32+,33-/m1/s1. The molecule has 0 radical (unpaired) electrons. The Labute approximate surface area is 250 Å². The van der Waals surface area contributed by atoms with E-state index in [0.29, 0.717) is 13.2 Å². The smallest absolute Gasteiger partial charge is 0.303 e. The summed E-state index contributed by atoms with van der Waals surface area (Å²) in [7, 11) is -2.34. The molecule has 7 nitrogen and oxygen atoms in total. The number of Topliss-reactive ketones (excluding diaryl/α,β-unsaturated/α-hetero) is 1. The Kier molecular flexibility index (Phi) is 12.0. The lowest BCUT2D eigenvalue weighted by molar-refractivity contribution is -0.134. The molecule has 42 heavy (non-hydrogen) atoms. The molecule has 0 bridgehead atoms. The monoisotopic (exact) mass is 586 g/mol. The summed E-state index contributed by atoms with van der Waals surface area (Å²) in [6.45, 7) is 7.45. The van der Waals surface area contributed by atoms with Crippen LogP contribution in [-0.2, 0) is 43.6 Å². The molecule has 4 atom stereocenters. The largest absolute Gasteiger partial charge is 0.374 e. The van der Waals surface area contributed by atoms with Crippen molar-refractivity contribution in [1.29, 1.82) is 0 Å². The fourth-order valence-corrected chi connectivity index (χ4v) is 9.04. The fourth-order valence-electron chi connectivity index (χ4n) is 5.66. The second-order valence-electron chi connectivity index (χ2n) is 10.8. The SMILES string of the molecule is CC[Si](CC)(CC)C(=[N+]=[N-])C(=O)[C@@H]1O[C@H](COCc2ccccc2)[C@@H](OCc2ccccc2)[C@H]1OCc1ccccc1. The quantitative estimate of drug-likeness (QED) is 0.0835. The van der Waals surface area contributed by atoms with Crippen LogP contribution in [0, 0.1) is 0 Å². The summed E-state index contributed by atoms with van der Waals surface area (Å²) in [5, 5.41) is 0.265. The molecule has 0 amide bonds. The van der Waals surface area contributed by atoms with Gasteiger partial charge in [-0.3, -0.25) is 4.79 Å². The molecule has 8 heteroatoms. The van der Waals surface area contributed by atoms with Crippen LogP contribution in [0.4, 0.5) is 0 Å². The van der Waals surface area contributed by atoms with Crippen molar-refractivity contribution in [3.05, 3.63) is 113 Å². The average molecular weight is 587 g/mol. The minimum Gasteiger partial charge on any atom is -0.374 e. The molecular weight excluding hydrogens is 544 g/mol. The van der Waals surface area contributed by atoms with E-state index in [9.17, 15) is 10.3 Å². The Morgan fingerprint density at radius 2 is 1.19 bits per heavy atom. The maximum atomic E-state index is 14.2. The molecule has 4 rings (SSSR count). The van der Waals surface area contributed by atoms with Crippen LogP contribution in [0.25, 0.3) is 5.53 Å². The minimum absolute atomic E-state index is 0.215. The van der Waals surface area contributed by atoms with Gasteiger partial charge in [-0.15, -0.1) is 0 Å². The first-order chi connectivity index (χ1) is 20.5. The van der Waals surface area contributed by atoms with Crippen molar-refractivity contribution in [3.63, 3.8) is 0 Å². The summed E-state index contributed by atoms with van der Waals surface area (Å²) in [6, 6.07) is 32.0. The number of ketones is 1. The van der Waals surface area contributed by atoms with Crippen LogP contribution < -0.4 is 0 Å². The zero-order valence-electron chi connectivity index (χ0n) is 24.9. The molecule has 222 valence electrons. The lowest BCUT2D eigenvalue weighted by atomic mass is 10.0. The van der Waals surface area contributed by atoms with Crippen LogP contribution in [0.5, 0.6) is 0 Å².